The van der Waals surface area contributed by atoms with Crippen LogP contribution in [0.25, 0.3) is 0 Å². The molecule has 0 aromatic heterocycles. The normalized spacial score (nSPS) is 25.2. The van der Waals surface area contributed by atoms with Gasteiger partial charge in [-0.1, -0.05) is 44.7 Å². The SMILES string of the molecule is CCC1CCCCC1C(Cc1ccc(F)cc1)NN. The maximum absolute atomic E-state index is 12.9. The molecule has 1 saturated carbocycles. The highest BCUT2D eigenvalue weighted by molar-refractivity contribution is 5.17. The molecule has 0 heterocycles. The van der Waals surface area contributed by atoms with E-state index >= 15 is 0 Å². The van der Waals surface area contributed by atoms with E-state index in [1.165, 1.54) is 44.2 Å². The molecule has 3 heteroatoms. The highest BCUT2D eigenvalue weighted by atomic mass is 19.1. The van der Waals surface area contributed by atoms with Gasteiger partial charge in [-0.3, -0.25) is 11.3 Å². The lowest BCUT2D eigenvalue weighted by Gasteiger charge is -2.36. The highest BCUT2D eigenvalue weighted by Crippen LogP contribution is 2.35. The van der Waals surface area contributed by atoms with Gasteiger partial charge >= 0.3 is 0 Å². The van der Waals surface area contributed by atoms with Gasteiger partial charge in [-0.2, -0.15) is 0 Å². The van der Waals surface area contributed by atoms with Gasteiger partial charge in [0.15, 0.2) is 0 Å². The van der Waals surface area contributed by atoms with E-state index in [0.717, 1.165) is 17.9 Å². The molecule has 0 spiro atoms. The van der Waals surface area contributed by atoms with Gasteiger partial charge in [-0.15, -0.1) is 0 Å². The highest BCUT2D eigenvalue weighted by Gasteiger charge is 2.30. The summed E-state index contributed by atoms with van der Waals surface area (Å²) in [4.78, 5) is 0. The second kappa shape index (κ2) is 7.01. The van der Waals surface area contributed by atoms with Crippen LogP contribution in [0.3, 0.4) is 0 Å². The van der Waals surface area contributed by atoms with Crippen molar-refractivity contribution in [3.05, 3.63) is 35.6 Å². The molecular formula is C16H25FN2. The molecule has 3 atom stereocenters. The van der Waals surface area contributed by atoms with Crippen LogP contribution in [-0.2, 0) is 6.42 Å². The number of hydrogen-bond donors (Lipinski definition) is 2. The van der Waals surface area contributed by atoms with Crippen molar-refractivity contribution in [3.8, 4) is 0 Å². The van der Waals surface area contributed by atoms with Crippen LogP contribution in [0.5, 0.6) is 0 Å². The van der Waals surface area contributed by atoms with E-state index in [4.69, 9.17) is 5.84 Å². The molecule has 3 N–H and O–H groups in total. The summed E-state index contributed by atoms with van der Waals surface area (Å²) in [5.41, 5.74) is 4.16. The Morgan fingerprint density at radius 2 is 1.95 bits per heavy atom. The smallest absolute Gasteiger partial charge is 0.123 e. The lowest BCUT2D eigenvalue weighted by molar-refractivity contribution is 0.174. The van der Waals surface area contributed by atoms with Gasteiger partial charge in [0.25, 0.3) is 0 Å². The predicted octanol–water partition coefficient (Wildman–Crippen LogP) is 3.42. The molecule has 1 aliphatic rings. The average molecular weight is 264 g/mol. The van der Waals surface area contributed by atoms with Crippen LogP contribution in [-0.4, -0.2) is 6.04 Å². The first-order valence-electron chi connectivity index (χ1n) is 7.45. The van der Waals surface area contributed by atoms with Crippen molar-refractivity contribution in [2.24, 2.45) is 17.7 Å². The number of hydrogen-bond acceptors (Lipinski definition) is 2. The molecule has 0 amide bonds. The molecule has 3 unspecified atom stereocenters. The van der Waals surface area contributed by atoms with E-state index in [1.54, 1.807) is 0 Å². The first-order chi connectivity index (χ1) is 9.24. The van der Waals surface area contributed by atoms with Crippen molar-refractivity contribution in [2.75, 3.05) is 0 Å². The van der Waals surface area contributed by atoms with Crippen molar-refractivity contribution in [1.29, 1.82) is 0 Å². The number of hydrazine groups is 1. The minimum Gasteiger partial charge on any atom is -0.271 e. The summed E-state index contributed by atoms with van der Waals surface area (Å²) < 4.78 is 12.9. The number of nitrogens with one attached hydrogen (secondary N) is 1. The minimum atomic E-state index is -0.176. The molecule has 2 rings (SSSR count). The first kappa shape index (κ1) is 14.5. The van der Waals surface area contributed by atoms with Gasteiger partial charge in [0.2, 0.25) is 0 Å². The molecular weight excluding hydrogens is 239 g/mol. The number of halogens is 1. The fraction of sp³-hybridized carbons (Fsp3) is 0.625. The predicted molar refractivity (Wildman–Crippen MR) is 77.0 cm³/mol. The summed E-state index contributed by atoms with van der Waals surface area (Å²) >= 11 is 0. The Morgan fingerprint density at radius 3 is 2.58 bits per heavy atom. The van der Waals surface area contributed by atoms with Gasteiger partial charge in [-0.25, -0.2) is 4.39 Å². The van der Waals surface area contributed by atoms with Crippen LogP contribution < -0.4 is 11.3 Å². The third-order valence-corrected chi connectivity index (χ3v) is 4.59. The van der Waals surface area contributed by atoms with Gasteiger partial charge in [0, 0.05) is 6.04 Å². The van der Waals surface area contributed by atoms with Crippen LogP contribution in [0, 0.1) is 17.7 Å². The standard InChI is InChI=1S/C16H25FN2/c1-2-13-5-3-4-6-15(13)16(19-18)11-12-7-9-14(17)10-8-12/h7-10,13,15-16,19H,2-6,11,18H2,1H3. The Kier molecular flexibility index (Phi) is 5.34. The molecule has 0 aliphatic heterocycles. The third-order valence-electron chi connectivity index (χ3n) is 4.59. The summed E-state index contributed by atoms with van der Waals surface area (Å²) in [6, 6.07) is 7.09. The lowest BCUT2D eigenvalue weighted by atomic mass is 9.73. The van der Waals surface area contributed by atoms with E-state index in [1.807, 2.05) is 12.1 Å². The van der Waals surface area contributed by atoms with Crippen molar-refractivity contribution in [3.63, 3.8) is 0 Å². The Morgan fingerprint density at radius 1 is 1.26 bits per heavy atom. The van der Waals surface area contributed by atoms with Crippen LogP contribution in [0.2, 0.25) is 0 Å². The third kappa shape index (κ3) is 3.77. The number of rotatable bonds is 5. The fourth-order valence-corrected chi connectivity index (χ4v) is 3.48. The molecule has 2 nitrogen and oxygen atoms in total. The Labute approximate surface area is 115 Å². The molecule has 1 aromatic carbocycles. The number of benzene rings is 1. The quantitative estimate of drug-likeness (QED) is 0.632. The van der Waals surface area contributed by atoms with Crippen LogP contribution in [0.15, 0.2) is 24.3 Å². The Balaban J connectivity index is 2.04. The molecule has 19 heavy (non-hydrogen) atoms. The van der Waals surface area contributed by atoms with Gasteiger partial charge in [0.05, 0.1) is 0 Å². The molecule has 0 radical (unpaired) electrons. The molecule has 106 valence electrons. The zero-order valence-corrected chi connectivity index (χ0v) is 11.7. The van der Waals surface area contributed by atoms with Gasteiger partial charge < -0.3 is 0 Å². The van der Waals surface area contributed by atoms with Crippen LogP contribution in [0.1, 0.15) is 44.6 Å². The van der Waals surface area contributed by atoms with E-state index < -0.39 is 0 Å². The fourth-order valence-electron chi connectivity index (χ4n) is 3.48. The molecule has 0 bridgehead atoms. The van der Waals surface area contributed by atoms with E-state index in [2.05, 4.69) is 12.3 Å². The summed E-state index contributed by atoms with van der Waals surface area (Å²) in [5, 5.41) is 0. The molecule has 0 saturated heterocycles. The van der Waals surface area contributed by atoms with Gasteiger partial charge in [0.1, 0.15) is 5.82 Å². The largest absolute Gasteiger partial charge is 0.271 e. The average Bonchev–Trinajstić information content (AvgIpc) is 2.46. The van der Waals surface area contributed by atoms with Gasteiger partial charge in [-0.05, 0) is 42.4 Å². The van der Waals surface area contributed by atoms with E-state index in [-0.39, 0.29) is 5.82 Å². The summed E-state index contributed by atoms with van der Waals surface area (Å²) in [6.45, 7) is 2.27. The first-order valence-corrected chi connectivity index (χ1v) is 7.45. The second-order valence-corrected chi connectivity index (χ2v) is 5.72. The monoisotopic (exact) mass is 264 g/mol. The zero-order chi connectivity index (χ0) is 13.7. The van der Waals surface area contributed by atoms with Crippen LogP contribution >= 0.6 is 0 Å². The van der Waals surface area contributed by atoms with Crippen molar-refractivity contribution in [1.82, 2.24) is 5.43 Å². The Bertz CT molecular complexity index is 377. The minimum absolute atomic E-state index is 0.176. The van der Waals surface area contributed by atoms with Crippen molar-refractivity contribution < 1.29 is 4.39 Å². The molecule has 1 aromatic rings. The molecule has 1 fully saturated rings. The summed E-state index contributed by atoms with van der Waals surface area (Å²) in [7, 11) is 0. The Hall–Kier alpha value is -0.930. The second-order valence-electron chi connectivity index (χ2n) is 5.72. The maximum Gasteiger partial charge on any atom is 0.123 e. The molecule has 1 aliphatic carbocycles. The number of nitrogens with two attached hydrogens (primary N) is 1. The van der Waals surface area contributed by atoms with E-state index in [9.17, 15) is 4.39 Å². The van der Waals surface area contributed by atoms with Crippen molar-refractivity contribution >= 4 is 0 Å². The summed E-state index contributed by atoms with van der Waals surface area (Å²) in [5.74, 6) is 7.02. The van der Waals surface area contributed by atoms with Crippen LogP contribution in [0.4, 0.5) is 4.39 Å². The lowest BCUT2D eigenvalue weighted by Crippen LogP contribution is -2.46. The summed E-state index contributed by atoms with van der Waals surface area (Å²) in [6.07, 6.45) is 7.35. The van der Waals surface area contributed by atoms with Crippen molar-refractivity contribution in [2.45, 2.75) is 51.5 Å². The maximum atomic E-state index is 12.9. The topological polar surface area (TPSA) is 38.0 Å². The zero-order valence-electron chi connectivity index (χ0n) is 11.7. The van der Waals surface area contributed by atoms with E-state index in [0.29, 0.717) is 12.0 Å².